The molecule has 5 heteroatoms. The maximum Gasteiger partial charge on any atom is 0.416 e. The summed E-state index contributed by atoms with van der Waals surface area (Å²) in [4.78, 5) is 11.9. The van der Waals surface area contributed by atoms with Crippen LogP contribution in [0.5, 0.6) is 0 Å². The Kier molecular flexibility index (Phi) is 14.8. The van der Waals surface area contributed by atoms with Gasteiger partial charge in [0.25, 0.3) is 0 Å². The van der Waals surface area contributed by atoms with Crippen molar-refractivity contribution in [2.75, 3.05) is 0 Å². The van der Waals surface area contributed by atoms with Crippen molar-refractivity contribution >= 4 is 5.91 Å². The van der Waals surface area contributed by atoms with Crippen LogP contribution in [0.1, 0.15) is 108 Å². The highest BCUT2D eigenvalue weighted by molar-refractivity contribution is 5.75. The summed E-state index contributed by atoms with van der Waals surface area (Å²) in [7, 11) is 0. The maximum atomic E-state index is 13.0. The lowest BCUT2D eigenvalue weighted by molar-refractivity contribution is -0.138. The first kappa shape index (κ1) is 27.3. The molecule has 0 aromatic heterocycles. The monoisotopic (exact) mass is 439 g/mol. The second-order valence-corrected chi connectivity index (χ2v) is 8.27. The Bertz CT molecular complexity index is 625. The molecule has 1 N–H and O–H groups in total. The van der Waals surface area contributed by atoms with Gasteiger partial charge in [-0.1, -0.05) is 88.6 Å². The van der Waals surface area contributed by atoms with Crippen LogP contribution in [0.2, 0.25) is 0 Å². The fourth-order valence-corrected chi connectivity index (χ4v) is 3.59. The van der Waals surface area contributed by atoms with Gasteiger partial charge < -0.3 is 5.32 Å². The van der Waals surface area contributed by atoms with Crippen LogP contribution < -0.4 is 5.32 Å². The van der Waals surface area contributed by atoms with Gasteiger partial charge in [0.2, 0.25) is 5.91 Å². The van der Waals surface area contributed by atoms with Crippen molar-refractivity contribution in [3.63, 3.8) is 0 Å². The molecule has 1 amide bonds. The first-order valence-corrected chi connectivity index (χ1v) is 12.0. The van der Waals surface area contributed by atoms with E-state index in [-0.39, 0.29) is 18.0 Å². The van der Waals surface area contributed by atoms with Crippen LogP contribution >= 0.6 is 0 Å². The molecule has 1 aromatic rings. The Morgan fingerprint density at radius 2 is 1.39 bits per heavy atom. The zero-order valence-electron chi connectivity index (χ0n) is 19.1. The van der Waals surface area contributed by atoms with Crippen LogP contribution in [0.25, 0.3) is 0 Å². The second kappa shape index (κ2) is 16.9. The summed E-state index contributed by atoms with van der Waals surface area (Å²) in [5.74, 6) is -0.186. The highest BCUT2D eigenvalue weighted by atomic mass is 19.4. The predicted octanol–water partition coefficient (Wildman–Crippen LogP) is 8.36. The smallest absolute Gasteiger partial charge is 0.352 e. The van der Waals surface area contributed by atoms with Crippen molar-refractivity contribution in [1.82, 2.24) is 5.32 Å². The molecule has 0 heterocycles. The van der Waals surface area contributed by atoms with Gasteiger partial charge in [0.1, 0.15) is 0 Å². The van der Waals surface area contributed by atoms with Gasteiger partial charge in [0.05, 0.1) is 5.56 Å². The van der Waals surface area contributed by atoms with Crippen LogP contribution in [0.4, 0.5) is 13.2 Å². The van der Waals surface area contributed by atoms with Crippen molar-refractivity contribution < 1.29 is 18.0 Å². The summed E-state index contributed by atoms with van der Waals surface area (Å²) in [5.41, 5.74) is -0.579. The van der Waals surface area contributed by atoms with Gasteiger partial charge in [0, 0.05) is 13.0 Å². The van der Waals surface area contributed by atoms with E-state index in [0.717, 1.165) is 38.2 Å². The van der Waals surface area contributed by atoms with Gasteiger partial charge in [-0.25, -0.2) is 0 Å². The van der Waals surface area contributed by atoms with Gasteiger partial charge in [-0.15, -0.1) is 0 Å². The van der Waals surface area contributed by atoms with Crippen LogP contribution in [0.3, 0.4) is 0 Å². The molecule has 2 nitrogen and oxygen atoms in total. The fraction of sp³-hybridized carbons (Fsp3) is 0.654. The molecule has 0 aliphatic carbocycles. The molecule has 0 fully saturated rings. The first-order chi connectivity index (χ1) is 14.9. The standard InChI is InChI=1S/C26H40F3NO/c1-2-3-4-5-6-7-8-9-10-11-12-13-14-15-16-21-25(31)30-22-23-19-17-18-20-24(23)26(27,28)29/h9-10,17-20H,2-8,11-16,21-22H2,1H3,(H,30,31)/b10-9-. The normalized spacial score (nSPS) is 11.9. The number of rotatable bonds is 17. The molecule has 0 unspecified atom stereocenters. The van der Waals surface area contributed by atoms with E-state index in [1.807, 2.05) is 0 Å². The summed E-state index contributed by atoms with van der Waals surface area (Å²) >= 11 is 0. The van der Waals surface area contributed by atoms with E-state index in [0.29, 0.717) is 6.42 Å². The van der Waals surface area contributed by atoms with Gasteiger partial charge >= 0.3 is 6.18 Å². The maximum absolute atomic E-state index is 13.0. The minimum Gasteiger partial charge on any atom is -0.352 e. The SMILES string of the molecule is CCCCCCCC/C=C\CCCCCCCC(=O)NCc1ccccc1C(F)(F)F. The number of allylic oxidation sites excluding steroid dienone is 2. The average Bonchev–Trinajstić information content (AvgIpc) is 2.74. The number of hydrogen-bond acceptors (Lipinski definition) is 1. The molecule has 0 aliphatic rings. The Hall–Kier alpha value is -1.78. The number of halogens is 3. The van der Waals surface area contributed by atoms with Crippen LogP contribution in [0.15, 0.2) is 36.4 Å². The molecule has 1 aromatic carbocycles. The molecule has 1 rings (SSSR count). The molecule has 31 heavy (non-hydrogen) atoms. The van der Waals surface area contributed by atoms with Gasteiger partial charge in [0.15, 0.2) is 0 Å². The predicted molar refractivity (Wildman–Crippen MR) is 123 cm³/mol. The molecule has 0 atom stereocenters. The zero-order chi connectivity index (χ0) is 22.8. The average molecular weight is 440 g/mol. The van der Waals surface area contributed by atoms with E-state index in [2.05, 4.69) is 24.4 Å². The molecule has 0 saturated heterocycles. The van der Waals surface area contributed by atoms with E-state index >= 15 is 0 Å². The quantitative estimate of drug-likeness (QED) is 0.192. The molecular formula is C26H40F3NO. The minimum atomic E-state index is -4.40. The number of nitrogens with one attached hydrogen (secondary N) is 1. The highest BCUT2D eigenvalue weighted by Crippen LogP contribution is 2.31. The summed E-state index contributed by atoms with van der Waals surface area (Å²) in [5, 5.41) is 2.61. The molecular weight excluding hydrogens is 399 g/mol. The number of carbonyl (C=O) groups is 1. The summed E-state index contributed by atoms with van der Waals surface area (Å²) in [6.45, 7) is 2.16. The van der Waals surface area contributed by atoms with E-state index in [9.17, 15) is 18.0 Å². The van der Waals surface area contributed by atoms with Gasteiger partial charge in [-0.05, 0) is 43.7 Å². The summed E-state index contributed by atoms with van der Waals surface area (Å²) in [6, 6.07) is 5.37. The van der Waals surface area contributed by atoms with Crippen molar-refractivity contribution in [3.05, 3.63) is 47.5 Å². The minimum absolute atomic E-state index is 0.0837. The number of carbonyl (C=O) groups excluding carboxylic acids is 1. The van der Waals surface area contributed by atoms with E-state index in [4.69, 9.17) is 0 Å². The third-order valence-corrected chi connectivity index (χ3v) is 5.46. The van der Waals surface area contributed by atoms with Crippen LogP contribution in [0, 0.1) is 0 Å². The lowest BCUT2D eigenvalue weighted by Gasteiger charge is -2.13. The van der Waals surface area contributed by atoms with E-state index < -0.39 is 11.7 Å². The number of unbranched alkanes of at least 4 members (excludes halogenated alkanes) is 11. The van der Waals surface area contributed by atoms with Crippen molar-refractivity contribution in [2.45, 2.75) is 110 Å². The molecule has 0 saturated carbocycles. The topological polar surface area (TPSA) is 29.1 Å². The summed E-state index contributed by atoms with van der Waals surface area (Å²) < 4.78 is 38.9. The van der Waals surface area contributed by atoms with E-state index in [1.165, 1.54) is 63.5 Å². The van der Waals surface area contributed by atoms with E-state index in [1.54, 1.807) is 6.07 Å². The third kappa shape index (κ3) is 14.0. The molecule has 0 spiro atoms. The highest BCUT2D eigenvalue weighted by Gasteiger charge is 2.32. The summed E-state index contributed by atoms with van der Waals surface area (Å²) in [6.07, 6.45) is 16.1. The zero-order valence-corrected chi connectivity index (χ0v) is 19.1. The number of alkyl halides is 3. The lowest BCUT2D eigenvalue weighted by Crippen LogP contribution is -2.24. The number of benzene rings is 1. The fourth-order valence-electron chi connectivity index (χ4n) is 3.59. The Morgan fingerprint density at radius 3 is 2.00 bits per heavy atom. The largest absolute Gasteiger partial charge is 0.416 e. The number of amides is 1. The van der Waals surface area contributed by atoms with Gasteiger partial charge in [-0.3, -0.25) is 4.79 Å². The van der Waals surface area contributed by atoms with Crippen molar-refractivity contribution in [3.8, 4) is 0 Å². The Balaban J connectivity index is 1.99. The molecule has 0 aliphatic heterocycles. The molecule has 0 bridgehead atoms. The van der Waals surface area contributed by atoms with Crippen molar-refractivity contribution in [1.29, 1.82) is 0 Å². The van der Waals surface area contributed by atoms with Crippen LogP contribution in [-0.4, -0.2) is 5.91 Å². The van der Waals surface area contributed by atoms with Crippen molar-refractivity contribution in [2.24, 2.45) is 0 Å². The lowest BCUT2D eigenvalue weighted by atomic mass is 10.1. The third-order valence-electron chi connectivity index (χ3n) is 5.46. The molecule has 176 valence electrons. The Morgan fingerprint density at radius 1 is 0.839 bits per heavy atom. The van der Waals surface area contributed by atoms with Crippen LogP contribution in [-0.2, 0) is 17.5 Å². The molecule has 0 radical (unpaired) electrons. The van der Waals surface area contributed by atoms with Gasteiger partial charge in [-0.2, -0.15) is 13.2 Å². The Labute approximate surface area is 186 Å². The first-order valence-electron chi connectivity index (χ1n) is 12.0. The second-order valence-electron chi connectivity index (χ2n) is 8.27. The number of hydrogen-bond donors (Lipinski definition) is 1.